The van der Waals surface area contributed by atoms with Gasteiger partial charge in [-0.2, -0.15) is 5.26 Å². The van der Waals surface area contributed by atoms with Crippen LogP contribution in [0.4, 0.5) is 0 Å². The fraction of sp³-hybridized carbons (Fsp3) is 0.176. The number of nitrogens with zero attached hydrogens (tertiary/aromatic N) is 1. The summed E-state index contributed by atoms with van der Waals surface area (Å²) in [6, 6.07) is 9.63. The van der Waals surface area contributed by atoms with E-state index in [1.54, 1.807) is 11.8 Å². The first kappa shape index (κ1) is 15.7. The number of hydrogen-bond donors (Lipinski definition) is 1. The van der Waals surface area contributed by atoms with Gasteiger partial charge in [-0.25, -0.2) is 0 Å². The van der Waals surface area contributed by atoms with Gasteiger partial charge < -0.3 is 9.40 Å². The third-order valence-corrected chi connectivity index (χ3v) is 5.08. The zero-order chi connectivity index (χ0) is 16.4. The van der Waals surface area contributed by atoms with E-state index in [4.69, 9.17) is 4.42 Å². The van der Waals surface area contributed by atoms with E-state index in [-0.39, 0.29) is 11.1 Å². The lowest BCUT2D eigenvalue weighted by Crippen LogP contribution is -2.12. The van der Waals surface area contributed by atoms with Crippen molar-refractivity contribution in [2.45, 2.75) is 18.9 Å². The topological polar surface area (TPSA) is 69.8 Å². The zero-order valence-corrected chi connectivity index (χ0v) is 14.3. The number of aromatic nitrogens is 1. The van der Waals surface area contributed by atoms with Crippen LogP contribution in [0, 0.1) is 18.3 Å². The van der Waals surface area contributed by atoms with E-state index in [1.165, 1.54) is 11.3 Å². The van der Waals surface area contributed by atoms with Crippen LogP contribution in [0.3, 0.4) is 0 Å². The normalized spacial score (nSPS) is 10.7. The third-order valence-electron chi connectivity index (χ3n) is 3.40. The van der Waals surface area contributed by atoms with Gasteiger partial charge in [-0.3, -0.25) is 4.79 Å². The van der Waals surface area contributed by atoms with Gasteiger partial charge >= 0.3 is 0 Å². The highest BCUT2D eigenvalue weighted by Crippen LogP contribution is 2.34. The zero-order valence-electron chi connectivity index (χ0n) is 12.7. The first-order valence-electron chi connectivity index (χ1n) is 7.09. The second kappa shape index (κ2) is 6.49. The van der Waals surface area contributed by atoms with Gasteiger partial charge in [0, 0.05) is 11.1 Å². The summed E-state index contributed by atoms with van der Waals surface area (Å²) >= 11 is 3.13. The number of thioether (sulfide) groups is 1. The predicted molar refractivity (Wildman–Crippen MR) is 93.9 cm³/mol. The highest BCUT2D eigenvalue weighted by Gasteiger charge is 2.17. The molecule has 0 aliphatic carbocycles. The molecule has 3 aromatic heterocycles. The van der Waals surface area contributed by atoms with Crippen LogP contribution in [0.25, 0.3) is 21.7 Å². The molecule has 0 spiro atoms. The fourth-order valence-electron chi connectivity index (χ4n) is 2.38. The molecular weight excluding hydrogens is 328 g/mol. The van der Waals surface area contributed by atoms with E-state index in [2.05, 4.69) is 4.98 Å². The summed E-state index contributed by atoms with van der Waals surface area (Å²) < 4.78 is 5.72. The van der Waals surface area contributed by atoms with Gasteiger partial charge in [0.25, 0.3) is 5.56 Å². The number of aryl methyl sites for hydroxylation is 1. The van der Waals surface area contributed by atoms with Gasteiger partial charge in [0.05, 0.1) is 10.6 Å². The van der Waals surface area contributed by atoms with E-state index < -0.39 is 0 Å². The van der Waals surface area contributed by atoms with Crippen molar-refractivity contribution < 1.29 is 4.42 Å². The molecule has 0 aromatic carbocycles. The molecule has 0 saturated heterocycles. The Kier molecular flexibility index (Phi) is 4.42. The van der Waals surface area contributed by atoms with Crippen LogP contribution in [-0.2, 0) is 0 Å². The van der Waals surface area contributed by atoms with Crippen molar-refractivity contribution in [3.8, 4) is 27.8 Å². The Bertz CT molecular complexity index is 931. The lowest BCUT2D eigenvalue weighted by Gasteiger charge is -2.05. The molecule has 0 fully saturated rings. The molecule has 4 nitrogen and oxygen atoms in total. The van der Waals surface area contributed by atoms with Crippen LogP contribution in [-0.4, -0.2) is 10.7 Å². The molecule has 0 bridgehead atoms. The Morgan fingerprint density at radius 1 is 1.39 bits per heavy atom. The lowest BCUT2D eigenvalue weighted by molar-refractivity contribution is 0.449. The SMILES string of the molecule is CCSc1cc(-c2cc(-c3cccs3)[nH]c(=O)c2C#N)c(C)o1. The molecule has 0 atom stereocenters. The predicted octanol–water partition coefficient (Wildman–Crippen LogP) is 4.66. The minimum absolute atomic E-state index is 0.113. The van der Waals surface area contributed by atoms with Gasteiger partial charge in [-0.1, -0.05) is 24.8 Å². The smallest absolute Gasteiger partial charge is 0.266 e. The monoisotopic (exact) mass is 342 g/mol. The molecule has 23 heavy (non-hydrogen) atoms. The maximum absolute atomic E-state index is 12.3. The van der Waals surface area contributed by atoms with Crippen LogP contribution in [0.5, 0.6) is 0 Å². The maximum atomic E-state index is 12.3. The summed E-state index contributed by atoms with van der Waals surface area (Å²) in [5, 5.41) is 12.1. The highest BCUT2D eigenvalue weighted by molar-refractivity contribution is 7.99. The molecule has 116 valence electrons. The number of rotatable bonds is 4. The molecule has 0 unspecified atom stereocenters. The van der Waals surface area contributed by atoms with Crippen molar-refractivity contribution in [3.63, 3.8) is 0 Å². The van der Waals surface area contributed by atoms with Gasteiger partial charge in [0.1, 0.15) is 17.4 Å². The number of H-pyrrole nitrogens is 1. The van der Waals surface area contributed by atoms with Crippen LogP contribution < -0.4 is 5.56 Å². The molecule has 0 aliphatic rings. The van der Waals surface area contributed by atoms with Gasteiger partial charge in [0.2, 0.25) is 0 Å². The number of furan rings is 1. The number of aromatic amines is 1. The van der Waals surface area contributed by atoms with Crippen molar-refractivity contribution in [1.82, 2.24) is 4.98 Å². The highest BCUT2D eigenvalue weighted by atomic mass is 32.2. The van der Waals surface area contributed by atoms with Crippen molar-refractivity contribution >= 4 is 23.1 Å². The largest absolute Gasteiger partial charge is 0.455 e. The molecule has 0 saturated carbocycles. The Morgan fingerprint density at radius 2 is 2.22 bits per heavy atom. The van der Waals surface area contributed by atoms with E-state index in [0.717, 1.165) is 21.3 Å². The Morgan fingerprint density at radius 3 is 2.87 bits per heavy atom. The first-order chi connectivity index (χ1) is 11.1. The first-order valence-corrected chi connectivity index (χ1v) is 8.95. The summed E-state index contributed by atoms with van der Waals surface area (Å²) in [7, 11) is 0. The van der Waals surface area contributed by atoms with Crippen LogP contribution in [0.2, 0.25) is 0 Å². The van der Waals surface area contributed by atoms with Crippen LogP contribution >= 0.6 is 23.1 Å². The number of nitrogens with one attached hydrogen (secondary N) is 1. The van der Waals surface area contributed by atoms with Gasteiger partial charge in [-0.15, -0.1) is 11.3 Å². The summed E-state index contributed by atoms with van der Waals surface area (Å²) in [4.78, 5) is 16.0. The fourth-order valence-corrected chi connectivity index (χ4v) is 3.75. The molecular formula is C17H14N2O2S2. The van der Waals surface area contributed by atoms with Gasteiger partial charge in [0.15, 0.2) is 5.09 Å². The summed E-state index contributed by atoms with van der Waals surface area (Å²) in [6.07, 6.45) is 0. The van der Waals surface area contributed by atoms with E-state index >= 15 is 0 Å². The van der Waals surface area contributed by atoms with E-state index in [0.29, 0.717) is 17.0 Å². The molecule has 1 N–H and O–H groups in total. The van der Waals surface area contributed by atoms with Crippen molar-refractivity contribution in [2.24, 2.45) is 0 Å². The Labute approximate surface area is 141 Å². The molecule has 3 rings (SSSR count). The van der Waals surface area contributed by atoms with E-state index in [1.807, 2.05) is 49.6 Å². The van der Waals surface area contributed by atoms with Crippen LogP contribution in [0.15, 0.2) is 43.9 Å². The Hall–Kier alpha value is -2.23. The summed E-state index contributed by atoms with van der Waals surface area (Å²) in [6.45, 7) is 3.90. The summed E-state index contributed by atoms with van der Waals surface area (Å²) in [5.74, 6) is 1.60. The second-order valence-corrected chi connectivity index (χ2v) is 7.07. The van der Waals surface area contributed by atoms with Gasteiger partial charge in [-0.05, 0) is 36.3 Å². The van der Waals surface area contributed by atoms with Crippen molar-refractivity contribution in [2.75, 3.05) is 5.75 Å². The molecule has 0 aliphatic heterocycles. The number of pyridine rings is 1. The molecule has 6 heteroatoms. The van der Waals surface area contributed by atoms with Crippen molar-refractivity contribution in [3.05, 3.63) is 51.3 Å². The van der Waals surface area contributed by atoms with Crippen LogP contribution in [0.1, 0.15) is 18.2 Å². The Balaban J connectivity index is 2.22. The average Bonchev–Trinajstić information content (AvgIpc) is 3.16. The standard InChI is InChI=1S/C17H14N2O2S2/c1-3-22-16-8-11(10(2)21-16)12-7-14(15-5-4-6-23-15)19-17(20)13(12)9-18/h4-8H,3H2,1-2H3,(H,19,20). The van der Waals surface area contributed by atoms with E-state index in [9.17, 15) is 10.1 Å². The maximum Gasteiger partial charge on any atom is 0.266 e. The second-order valence-electron chi connectivity index (χ2n) is 4.86. The molecule has 0 radical (unpaired) electrons. The average molecular weight is 342 g/mol. The van der Waals surface area contributed by atoms with Crippen molar-refractivity contribution in [1.29, 1.82) is 5.26 Å². The molecule has 3 heterocycles. The minimum atomic E-state index is -0.376. The summed E-state index contributed by atoms with van der Waals surface area (Å²) in [5.41, 5.74) is 1.86. The molecule has 3 aromatic rings. The minimum Gasteiger partial charge on any atom is -0.455 e. The number of thiophene rings is 1. The quantitative estimate of drug-likeness (QED) is 0.700. The number of hydrogen-bond acceptors (Lipinski definition) is 5. The molecule has 0 amide bonds. The number of nitriles is 1. The third kappa shape index (κ3) is 2.98. The lowest BCUT2D eigenvalue weighted by atomic mass is 10.0.